The number of allylic oxidation sites excluding steroid dienone is 1. The van der Waals surface area contributed by atoms with Crippen molar-refractivity contribution in [3.05, 3.63) is 52.7 Å². The Hall–Kier alpha value is -3.50. The molecule has 0 unspecified atom stereocenters. The van der Waals surface area contributed by atoms with Gasteiger partial charge in [-0.25, -0.2) is 4.98 Å². The highest BCUT2D eigenvalue weighted by Crippen LogP contribution is 2.33. The number of carbonyl (C=O) groups excluding carboxylic acids is 2. The summed E-state index contributed by atoms with van der Waals surface area (Å²) in [7, 11) is 2.11. The summed E-state index contributed by atoms with van der Waals surface area (Å²) in [6.45, 7) is 5.95. The summed E-state index contributed by atoms with van der Waals surface area (Å²) in [6.07, 6.45) is 8.20. The van der Waals surface area contributed by atoms with Crippen LogP contribution in [0.25, 0.3) is 22.3 Å². The summed E-state index contributed by atoms with van der Waals surface area (Å²) < 4.78 is 1.81. The van der Waals surface area contributed by atoms with Gasteiger partial charge in [0.1, 0.15) is 5.82 Å². The third kappa shape index (κ3) is 4.66. The number of anilines is 1. The number of amides is 2. The number of aromatic nitrogens is 3. The van der Waals surface area contributed by atoms with Gasteiger partial charge in [0.25, 0.3) is 5.91 Å². The van der Waals surface area contributed by atoms with Crippen LogP contribution < -0.4 is 16.0 Å². The van der Waals surface area contributed by atoms with E-state index in [1.54, 1.807) is 6.20 Å². The van der Waals surface area contributed by atoms with Crippen LogP contribution in [0.4, 0.5) is 5.82 Å². The Balaban J connectivity index is 1.31. The third-order valence-corrected chi connectivity index (χ3v) is 8.03. The first-order valence-electron chi connectivity index (χ1n) is 12.4. The van der Waals surface area contributed by atoms with Crippen LogP contribution in [0.1, 0.15) is 47.3 Å². The maximum atomic E-state index is 12.9. The van der Waals surface area contributed by atoms with Crippen LogP contribution in [0.15, 0.2) is 42.2 Å². The molecule has 0 aromatic carbocycles. The molecule has 0 radical (unpaired) electrons. The number of hydrogen-bond acceptors (Lipinski definition) is 7. The van der Waals surface area contributed by atoms with Gasteiger partial charge in [-0.05, 0) is 69.6 Å². The molecular formula is C26H29N7O2S. The number of rotatable bonds is 6. The van der Waals surface area contributed by atoms with E-state index in [1.807, 2.05) is 28.8 Å². The second-order valence-electron chi connectivity index (χ2n) is 9.87. The molecule has 0 atom stereocenters. The standard InChI is InChI=1S/C26H29N7O2S/c1-15-16(12-24(34)28-15)11-17-14-27-33-23(29-18-3-4-18)13-20(31-25(17)33)21-5-6-22(36-21)26(35)30-19-7-9-32(2)10-8-19/h5-6,11,13-14,18-19,29H,1,3-4,7-10,12H2,2H3,(H,28,34)(H,30,35)/b16-11+. The maximum absolute atomic E-state index is 12.9. The number of nitrogens with zero attached hydrogens (tertiary/aromatic N) is 4. The molecule has 2 aliphatic heterocycles. The Bertz CT molecular complexity index is 1390. The molecule has 0 spiro atoms. The van der Waals surface area contributed by atoms with Crippen molar-refractivity contribution in [3.63, 3.8) is 0 Å². The fraction of sp³-hybridized carbons (Fsp3) is 0.385. The second kappa shape index (κ2) is 9.18. The van der Waals surface area contributed by atoms with E-state index < -0.39 is 0 Å². The van der Waals surface area contributed by atoms with Gasteiger partial charge in [-0.3, -0.25) is 9.59 Å². The van der Waals surface area contributed by atoms with Gasteiger partial charge in [-0.1, -0.05) is 6.58 Å². The summed E-state index contributed by atoms with van der Waals surface area (Å²) in [6, 6.07) is 6.49. The van der Waals surface area contributed by atoms with Gasteiger partial charge in [0.15, 0.2) is 5.65 Å². The van der Waals surface area contributed by atoms with Crippen LogP contribution in [-0.4, -0.2) is 63.5 Å². The van der Waals surface area contributed by atoms with Crippen LogP contribution in [0.3, 0.4) is 0 Å². The quantitative estimate of drug-likeness (QED) is 0.477. The molecular weight excluding hydrogens is 474 g/mol. The molecule has 36 heavy (non-hydrogen) atoms. The Morgan fingerprint density at radius 2 is 2.03 bits per heavy atom. The van der Waals surface area contributed by atoms with Crippen LogP contribution in [-0.2, 0) is 4.79 Å². The van der Waals surface area contributed by atoms with E-state index in [9.17, 15) is 9.59 Å². The smallest absolute Gasteiger partial charge is 0.261 e. The molecule has 1 aliphatic carbocycles. The predicted octanol–water partition coefficient (Wildman–Crippen LogP) is 3.27. The van der Waals surface area contributed by atoms with Crippen LogP contribution >= 0.6 is 11.3 Å². The Morgan fingerprint density at radius 1 is 1.22 bits per heavy atom. The number of piperidine rings is 1. The largest absolute Gasteiger partial charge is 0.367 e. The number of hydrogen-bond donors (Lipinski definition) is 3. The summed E-state index contributed by atoms with van der Waals surface area (Å²) in [4.78, 5) is 33.5. The summed E-state index contributed by atoms with van der Waals surface area (Å²) in [5, 5.41) is 14.1. The van der Waals surface area contributed by atoms with Gasteiger partial charge in [0.2, 0.25) is 5.91 Å². The average molecular weight is 504 g/mol. The first-order chi connectivity index (χ1) is 17.4. The minimum absolute atomic E-state index is 0.0232. The molecule has 0 bridgehead atoms. The normalized spacial score (nSPS) is 20.3. The molecule has 3 fully saturated rings. The topological polar surface area (TPSA) is 104 Å². The predicted molar refractivity (Wildman–Crippen MR) is 141 cm³/mol. The Kier molecular flexibility index (Phi) is 5.85. The number of nitrogens with one attached hydrogen (secondary N) is 3. The lowest BCUT2D eigenvalue weighted by atomic mass is 10.1. The zero-order valence-corrected chi connectivity index (χ0v) is 21.0. The molecule has 1 saturated carbocycles. The number of fused-ring (bicyclic) bond motifs is 1. The van der Waals surface area contributed by atoms with Gasteiger partial charge in [0.05, 0.1) is 28.1 Å². The van der Waals surface area contributed by atoms with E-state index in [-0.39, 0.29) is 17.9 Å². The Morgan fingerprint density at radius 3 is 2.75 bits per heavy atom. The van der Waals surface area contributed by atoms with Crippen molar-refractivity contribution in [1.82, 2.24) is 30.1 Å². The molecule has 2 saturated heterocycles. The lowest BCUT2D eigenvalue weighted by molar-refractivity contribution is -0.118. The molecule has 3 aromatic heterocycles. The van der Waals surface area contributed by atoms with Gasteiger partial charge < -0.3 is 20.9 Å². The highest BCUT2D eigenvalue weighted by molar-refractivity contribution is 7.17. The van der Waals surface area contributed by atoms with Crippen LogP contribution in [0, 0.1) is 0 Å². The molecule has 6 rings (SSSR count). The van der Waals surface area contributed by atoms with Crippen LogP contribution in [0.5, 0.6) is 0 Å². The van der Waals surface area contributed by atoms with Crippen LogP contribution in [0.2, 0.25) is 0 Å². The van der Waals surface area contributed by atoms with Gasteiger partial charge >= 0.3 is 0 Å². The number of carbonyl (C=O) groups is 2. The van der Waals surface area contributed by atoms with Crippen molar-refractivity contribution in [3.8, 4) is 10.6 Å². The zero-order chi connectivity index (χ0) is 24.8. The molecule has 10 heteroatoms. The molecule has 2 amide bonds. The minimum Gasteiger partial charge on any atom is -0.367 e. The first kappa shape index (κ1) is 22.9. The van der Waals surface area contributed by atoms with Crippen molar-refractivity contribution < 1.29 is 9.59 Å². The summed E-state index contributed by atoms with van der Waals surface area (Å²) in [5.41, 5.74) is 3.75. The van der Waals surface area contributed by atoms with E-state index in [2.05, 4.69) is 39.6 Å². The third-order valence-electron chi connectivity index (χ3n) is 6.92. The highest BCUT2D eigenvalue weighted by atomic mass is 32.1. The zero-order valence-electron chi connectivity index (χ0n) is 20.2. The van der Waals surface area contributed by atoms with Crippen molar-refractivity contribution in [2.24, 2.45) is 0 Å². The van der Waals surface area contributed by atoms with Crippen molar-refractivity contribution in [1.29, 1.82) is 0 Å². The maximum Gasteiger partial charge on any atom is 0.261 e. The first-order valence-corrected chi connectivity index (χ1v) is 13.2. The fourth-order valence-electron chi connectivity index (χ4n) is 4.65. The van der Waals surface area contributed by atoms with E-state index in [1.165, 1.54) is 11.3 Å². The lowest BCUT2D eigenvalue weighted by Crippen LogP contribution is -2.43. The molecule has 5 heterocycles. The monoisotopic (exact) mass is 503 g/mol. The molecule has 3 N–H and O–H groups in total. The Labute approximate surface area is 213 Å². The number of thiophene rings is 1. The average Bonchev–Trinajstić information content (AvgIpc) is 3.24. The minimum atomic E-state index is -0.0582. The SMILES string of the molecule is C=C1NC(=O)C/C1=C\c1cnn2c(NC3CC3)cc(-c3ccc(C(=O)NC4CCN(C)CC4)s3)nc12. The van der Waals surface area contributed by atoms with E-state index in [4.69, 9.17) is 4.98 Å². The van der Waals surface area contributed by atoms with Crippen molar-refractivity contribution in [2.75, 3.05) is 25.5 Å². The van der Waals surface area contributed by atoms with E-state index in [0.717, 1.165) is 66.3 Å². The van der Waals surface area contributed by atoms with Crippen molar-refractivity contribution in [2.45, 2.75) is 44.2 Å². The van der Waals surface area contributed by atoms with Gasteiger partial charge in [0, 0.05) is 29.4 Å². The molecule has 9 nitrogen and oxygen atoms in total. The fourth-order valence-corrected chi connectivity index (χ4v) is 5.52. The van der Waals surface area contributed by atoms with Gasteiger partial charge in [-0.15, -0.1) is 11.3 Å². The number of likely N-dealkylation sites (tertiary alicyclic amines) is 1. The molecule has 3 aliphatic rings. The second-order valence-corrected chi connectivity index (χ2v) is 11.0. The summed E-state index contributed by atoms with van der Waals surface area (Å²) in [5.74, 6) is 0.786. The molecule has 3 aromatic rings. The summed E-state index contributed by atoms with van der Waals surface area (Å²) >= 11 is 1.45. The van der Waals surface area contributed by atoms with E-state index in [0.29, 0.717) is 28.7 Å². The van der Waals surface area contributed by atoms with Gasteiger partial charge in [-0.2, -0.15) is 9.61 Å². The molecule has 186 valence electrons. The van der Waals surface area contributed by atoms with Crippen molar-refractivity contribution >= 4 is 40.7 Å². The lowest BCUT2D eigenvalue weighted by Gasteiger charge is -2.29. The highest BCUT2D eigenvalue weighted by Gasteiger charge is 2.25. The van der Waals surface area contributed by atoms with E-state index >= 15 is 0 Å².